The number of carbonyl (C=O) groups is 2. The van der Waals surface area contributed by atoms with Crippen LogP contribution in [0.1, 0.15) is 35.7 Å². The molecular formula is C15H20N2O3. The summed E-state index contributed by atoms with van der Waals surface area (Å²) in [7, 11) is 0. The maximum atomic E-state index is 11.9. The Morgan fingerprint density at radius 2 is 2.05 bits per heavy atom. The van der Waals surface area contributed by atoms with Gasteiger partial charge in [-0.05, 0) is 23.6 Å². The van der Waals surface area contributed by atoms with Crippen molar-refractivity contribution >= 4 is 12.0 Å². The molecule has 1 aromatic rings. The van der Waals surface area contributed by atoms with Crippen LogP contribution in [0, 0.1) is 0 Å². The predicted octanol–water partition coefficient (Wildman–Crippen LogP) is 1.99. The van der Waals surface area contributed by atoms with Crippen LogP contribution in [-0.2, 0) is 4.74 Å². The minimum absolute atomic E-state index is 0.118. The van der Waals surface area contributed by atoms with E-state index in [9.17, 15) is 9.59 Å². The van der Waals surface area contributed by atoms with E-state index in [2.05, 4.69) is 19.2 Å². The Bertz CT molecular complexity index is 482. The van der Waals surface area contributed by atoms with Crippen molar-refractivity contribution in [3.8, 4) is 0 Å². The number of hydrogen-bond donors (Lipinski definition) is 1. The number of carbonyl (C=O) groups excluding carboxylic acids is 2. The molecule has 0 unspecified atom stereocenters. The third kappa shape index (κ3) is 3.50. The number of ether oxygens (including phenoxy) is 1. The van der Waals surface area contributed by atoms with Crippen molar-refractivity contribution in [1.29, 1.82) is 0 Å². The number of rotatable bonds is 5. The van der Waals surface area contributed by atoms with Gasteiger partial charge in [0.25, 0.3) is 5.91 Å². The van der Waals surface area contributed by atoms with Crippen LogP contribution in [0.5, 0.6) is 0 Å². The molecule has 5 heteroatoms. The molecule has 1 saturated heterocycles. The highest BCUT2D eigenvalue weighted by Gasteiger charge is 2.21. The van der Waals surface area contributed by atoms with E-state index in [1.807, 2.05) is 24.3 Å². The normalized spacial score (nSPS) is 14.6. The average molecular weight is 276 g/mol. The minimum Gasteiger partial charge on any atom is -0.448 e. The molecule has 0 spiro atoms. The first kappa shape index (κ1) is 14.4. The summed E-state index contributed by atoms with van der Waals surface area (Å²) in [6, 6.07) is 7.60. The summed E-state index contributed by atoms with van der Waals surface area (Å²) in [5.74, 6) is 0.334. The Kier molecular flexibility index (Phi) is 4.61. The molecule has 20 heavy (non-hydrogen) atoms. The maximum absolute atomic E-state index is 11.9. The van der Waals surface area contributed by atoms with Gasteiger partial charge in [0, 0.05) is 18.7 Å². The second-order valence-corrected chi connectivity index (χ2v) is 5.13. The van der Waals surface area contributed by atoms with E-state index in [4.69, 9.17) is 4.74 Å². The number of hydrogen-bond acceptors (Lipinski definition) is 3. The first-order valence-corrected chi connectivity index (χ1v) is 6.88. The molecular weight excluding hydrogens is 256 g/mol. The summed E-state index contributed by atoms with van der Waals surface area (Å²) in [5.41, 5.74) is 1.85. The van der Waals surface area contributed by atoms with Crippen LogP contribution >= 0.6 is 0 Å². The van der Waals surface area contributed by atoms with Crippen LogP contribution in [-0.4, -0.2) is 43.1 Å². The van der Waals surface area contributed by atoms with E-state index in [1.54, 1.807) is 4.90 Å². The Morgan fingerprint density at radius 3 is 2.60 bits per heavy atom. The molecule has 0 atom stereocenters. The molecule has 1 aliphatic rings. The molecule has 1 N–H and O–H groups in total. The first-order chi connectivity index (χ1) is 9.58. The second-order valence-electron chi connectivity index (χ2n) is 5.13. The fourth-order valence-electron chi connectivity index (χ4n) is 2.05. The zero-order valence-electron chi connectivity index (χ0n) is 11.9. The third-order valence-electron chi connectivity index (χ3n) is 3.35. The lowest BCUT2D eigenvalue weighted by Crippen LogP contribution is -2.35. The standard InChI is InChI=1S/C15H20N2O3/c1-11(2)12-3-5-13(6-4-12)14(18)16-7-8-17-9-10-20-15(17)19/h3-6,11H,7-10H2,1-2H3,(H,16,18). The van der Waals surface area contributed by atoms with Crippen molar-refractivity contribution in [2.75, 3.05) is 26.2 Å². The van der Waals surface area contributed by atoms with Gasteiger partial charge in [-0.2, -0.15) is 0 Å². The molecule has 0 radical (unpaired) electrons. The summed E-state index contributed by atoms with van der Waals surface area (Å²) < 4.78 is 4.82. The van der Waals surface area contributed by atoms with Gasteiger partial charge < -0.3 is 15.0 Å². The summed E-state index contributed by atoms with van der Waals surface area (Å²) in [6.07, 6.45) is -0.305. The van der Waals surface area contributed by atoms with E-state index in [1.165, 1.54) is 5.56 Å². The number of cyclic esters (lactones) is 1. The van der Waals surface area contributed by atoms with Gasteiger partial charge in [-0.15, -0.1) is 0 Å². The van der Waals surface area contributed by atoms with Gasteiger partial charge >= 0.3 is 6.09 Å². The largest absolute Gasteiger partial charge is 0.448 e. The number of nitrogens with one attached hydrogen (secondary N) is 1. The number of benzene rings is 1. The molecule has 0 saturated carbocycles. The van der Waals surface area contributed by atoms with E-state index < -0.39 is 0 Å². The van der Waals surface area contributed by atoms with E-state index in [-0.39, 0.29) is 12.0 Å². The molecule has 0 aromatic heterocycles. The van der Waals surface area contributed by atoms with Crippen molar-refractivity contribution in [3.63, 3.8) is 0 Å². The molecule has 1 fully saturated rings. The highest BCUT2D eigenvalue weighted by Crippen LogP contribution is 2.14. The monoisotopic (exact) mass is 276 g/mol. The van der Waals surface area contributed by atoms with E-state index >= 15 is 0 Å². The Morgan fingerprint density at radius 1 is 1.35 bits per heavy atom. The predicted molar refractivity (Wildman–Crippen MR) is 75.8 cm³/mol. The van der Waals surface area contributed by atoms with Crippen LogP contribution in [0.4, 0.5) is 4.79 Å². The van der Waals surface area contributed by atoms with Gasteiger partial charge in [0.05, 0.1) is 6.54 Å². The van der Waals surface area contributed by atoms with Crippen LogP contribution in [0.3, 0.4) is 0 Å². The molecule has 2 amide bonds. The van der Waals surface area contributed by atoms with Gasteiger partial charge in [-0.1, -0.05) is 26.0 Å². The van der Waals surface area contributed by atoms with Crippen molar-refractivity contribution in [2.24, 2.45) is 0 Å². The quantitative estimate of drug-likeness (QED) is 0.894. The van der Waals surface area contributed by atoms with Crippen LogP contribution in [0.25, 0.3) is 0 Å². The summed E-state index contributed by atoms with van der Waals surface area (Å²) in [6.45, 7) is 6.17. The van der Waals surface area contributed by atoms with Crippen LogP contribution in [0.15, 0.2) is 24.3 Å². The van der Waals surface area contributed by atoms with Crippen molar-refractivity contribution in [3.05, 3.63) is 35.4 Å². The first-order valence-electron chi connectivity index (χ1n) is 6.88. The van der Waals surface area contributed by atoms with E-state index in [0.717, 1.165) is 0 Å². The highest BCUT2D eigenvalue weighted by molar-refractivity contribution is 5.94. The van der Waals surface area contributed by atoms with Gasteiger partial charge in [0.1, 0.15) is 6.61 Å². The molecule has 0 bridgehead atoms. The van der Waals surface area contributed by atoms with Crippen molar-refractivity contribution < 1.29 is 14.3 Å². The van der Waals surface area contributed by atoms with Gasteiger partial charge in [-0.25, -0.2) is 4.79 Å². The average Bonchev–Trinajstić information content (AvgIpc) is 2.84. The molecule has 0 aliphatic carbocycles. The summed E-state index contributed by atoms with van der Waals surface area (Å²) >= 11 is 0. The Balaban J connectivity index is 1.81. The molecule has 2 rings (SSSR count). The summed E-state index contributed by atoms with van der Waals surface area (Å²) in [5, 5.41) is 2.81. The smallest absolute Gasteiger partial charge is 0.409 e. The van der Waals surface area contributed by atoms with Crippen molar-refractivity contribution in [1.82, 2.24) is 10.2 Å². The third-order valence-corrected chi connectivity index (χ3v) is 3.35. The number of amides is 2. The Hall–Kier alpha value is -2.04. The fourth-order valence-corrected chi connectivity index (χ4v) is 2.05. The zero-order valence-corrected chi connectivity index (χ0v) is 11.9. The van der Waals surface area contributed by atoms with Gasteiger partial charge in [-0.3, -0.25) is 4.79 Å². The molecule has 108 valence electrons. The second kappa shape index (κ2) is 6.41. The molecule has 1 aliphatic heterocycles. The van der Waals surface area contributed by atoms with Crippen molar-refractivity contribution in [2.45, 2.75) is 19.8 Å². The lowest BCUT2D eigenvalue weighted by Gasteiger charge is -2.13. The number of nitrogens with zero attached hydrogens (tertiary/aromatic N) is 1. The lowest BCUT2D eigenvalue weighted by atomic mass is 10.0. The van der Waals surface area contributed by atoms with Crippen LogP contribution < -0.4 is 5.32 Å². The fraction of sp³-hybridized carbons (Fsp3) is 0.467. The lowest BCUT2D eigenvalue weighted by molar-refractivity contribution is 0.0949. The SMILES string of the molecule is CC(C)c1ccc(C(=O)NCCN2CCOC2=O)cc1. The van der Waals surface area contributed by atoms with E-state index in [0.29, 0.717) is 37.7 Å². The summed E-state index contributed by atoms with van der Waals surface area (Å²) in [4.78, 5) is 24.7. The zero-order chi connectivity index (χ0) is 14.5. The maximum Gasteiger partial charge on any atom is 0.409 e. The molecule has 5 nitrogen and oxygen atoms in total. The minimum atomic E-state index is -0.305. The molecule has 1 aromatic carbocycles. The van der Waals surface area contributed by atoms with Gasteiger partial charge in [0.2, 0.25) is 0 Å². The molecule has 1 heterocycles. The highest BCUT2D eigenvalue weighted by atomic mass is 16.6. The topological polar surface area (TPSA) is 58.6 Å². The van der Waals surface area contributed by atoms with Crippen LogP contribution in [0.2, 0.25) is 0 Å². The van der Waals surface area contributed by atoms with Gasteiger partial charge in [0.15, 0.2) is 0 Å². The Labute approximate surface area is 118 Å².